The summed E-state index contributed by atoms with van der Waals surface area (Å²) in [6.45, 7) is 8.37. The Hall–Kier alpha value is -1.73. The van der Waals surface area contributed by atoms with Gasteiger partial charge in [0, 0.05) is 31.3 Å². The molecule has 2 N–H and O–H groups in total. The van der Waals surface area contributed by atoms with Crippen molar-refractivity contribution in [3.63, 3.8) is 0 Å². The average molecular weight is 420 g/mol. The maximum atomic E-state index is 5.98. The fourth-order valence-corrected chi connectivity index (χ4v) is 5.25. The van der Waals surface area contributed by atoms with E-state index in [0.717, 1.165) is 61.0 Å². The number of ether oxygens (including phenoxy) is 3. The molecule has 1 aromatic rings. The van der Waals surface area contributed by atoms with E-state index in [1.54, 1.807) is 0 Å². The normalized spacial score (nSPS) is 25.7. The zero-order valence-corrected chi connectivity index (χ0v) is 18.4. The van der Waals surface area contributed by atoms with Crippen LogP contribution in [0.5, 0.6) is 11.5 Å². The van der Waals surface area contributed by atoms with Crippen LogP contribution in [-0.2, 0) is 4.74 Å². The van der Waals surface area contributed by atoms with Crippen LogP contribution in [0, 0.1) is 11.8 Å². The minimum atomic E-state index is 0.503. The Balaban J connectivity index is 1.52. The van der Waals surface area contributed by atoms with Crippen LogP contribution in [0.25, 0.3) is 0 Å². The van der Waals surface area contributed by atoms with Crippen molar-refractivity contribution in [3.8, 4) is 11.5 Å². The minimum absolute atomic E-state index is 0.503. The van der Waals surface area contributed by atoms with Gasteiger partial charge in [-0.3, -0.25) is 0 Å². The number of nitrogens with zero attached hydrogens (tertiary/aromatic N) is 1. The van der Waals surface area contributed by atoms with Gasteiger partial charge in [-0.1, -0.05) is 6.42 Å². The number of rotatable bonds is 7. The molecule has 2 bridgehead atoms. The largest absolute Gasteiger partial charge is 0.492 e. The van der Waals surface area contributed by atoms with E-state index in [1.807, 2.05) is 19.9 Å². The van der Waals surface area contributed by atoms with Gasteiger partial charge in [-0.15, -0.1) is 0 Å². The third kappa shape index (κ3) is 4.72. The summed E-state index contributed by atoms with van der Waals surface area (Å²) in [5.41, 5.74) is 1.91. The number of hydrogen-bond acceptors (Lipinski definition) is 5. The highest BCUT2D eigenvalue weighted by Crippen LogP contribution is 2.44. The summed E-state index contributed by atoms with van der Waals surface area (Å²) in [6.07, 6.45) is 5.31. The Labute approximate surface area is 179 Å². The van der Waals surface area contributed by atoms with Crippen LogP contribution in [0.1, 0.15) is 39.5 Å². The van der Waals surface area contributed by atoms with Gasteiger partial charge < -0.3 is 29.7 Å². The molecule has 1 aliphatic heterocycles. The second kappa shape index (κ2) is 9.39. The lowest BCUT2D eigenvalue weighted by Crippen LogP contribution is -2.41. The molecule has 3 atom stereocenters. The number of nitrogens with one attached hydrogen (secondary N) is 2. The Morgan fingerprint density at radius 1 is 1.10 bits per heavy atom. The molecular weight excluding hydrogens is 386 g/mol. The molecule has 6 nitrogen and oxygen atoms in total. The molecule has 2 aliphatic carbocycles. The van der Waals surface area contributed by atoms with Crippen LogP contribution in [0.4, 0.5) is 11.4 Å². The van der Waals surface area contributed by atoms with E-state index in [-0.39, 0.29) is 0 Å². The van der Waals surface area contributed by atoms with Gasteiger partial charge in [0.15, 0.2) is 5.11 Å². The summed E-state index contributed by atoms with van der Waals surface area (Å²) in [4.78, 5) is 2.30. The zero-order valence-electron chi connectivity index (χ0n) is 17.5. The molecule has 1 aromatic carbocycles. The lowest BCUT2D eigenvalue weighted by molar-refractivity contribution is 0.122. The molecule has 3 aliphatic rings. The second-order valence-corrected chi connectivity index (χ2v) is 8.57. The lowest BCUT2D eigenvalue weighted by atomic mass is 9.95. The summed E-state index contributed by atoms with van der Waals surface area (Å²) in [5.74, 6) is 3.31. The van der Waals surface area contributed by atoms with E-state index in [1.165, 1.54) is 25.7 Å². The number of fused-ring (bicyclic) bond motifs is 2. The first-order chi connectivity index (χ1) is 14.2. The van der Waals surface area contributed by atoms with Crippen molar-refractivity contribution < 1.29 is 14.2 Å². The van der Waals surface area contributed by atoms with Crippen molar-refractivity contribution in [1.82, 2.24) is 5.32 Å². The van der Waals surface area contributed by atoms with Crippen LogP contribution in [0.3, 0.4) is 0 Å². The highest BCUT2D eigenvalue weighted by atomic mass is 32.1. The van der Waals surface area contributed by atoms with Gasteiger partial charge in [0.25, 0.3) is 0 Å². The monoisotopic (exact) mass is 419 g/mol. The first-order valence-electron chi connectivity index (χ1n) is 11.0. The van der Waals surface area contributed by atoms with E-state index in [4.69, 9.17) is 26.4 Å². The number of thiocarbonyl (C=S) groups is 1. The van der Waals surface area contributed by atoms with Crippen molar-refractivity contribution in [2.75, 3.05) is 49.7 Å². The maximum Gasteiger partial charge on any atom is 0.171 e. The van der Waals surface area contributed by atoms with Crippen molar-refractivity contribution in [2.24, 2.45) is 11.8 Å². The highest BCUT2D eigenvalue weighted by molar-refractivity contribution is 7.80. The second-order valence-electron chi connectivity index (χ2n) is 8.16. The molecule has 0 radical (unpaired) electrons. The highest BCUT2D eigenvalue weighted by Gasteiger charge is 2.39. The van der Waals surface area contributed by atoms with Gasteiger partial charge >= 0.3 is 0 Å². The molecule has 1 heterocycles. The molecule has 3 fully saturated rings. The van der Waals surface area contributed by atoms with Crippen LogP contribution < -0.4 is 25.0 Å². The molecule has 1 saturated heterocycles. The molecule has 0 amide bonds. The first-order valence-corrected chi connectivity index (χ1v) is 11.4. The molecule has 4 rings (SSSR count). The van der Waals surface area contributed by atoms with Crippen LogP contribution >= 0.6 is 12.2 Å². The smallest absolute Gasteiger partial charge is 0.171 e. The van der Waals surface area contributed by atoms with Gasteiger partial charge in [-0.05, 0) is 57.2 Å². The van der Waals surface area contributed by atoms with E-state index >= 15 is 0 Å². The molecule has 29 heavy (non-hydrogen) atoms. The standard InChI is InChI=1S/C22H33N3O3S/c1-3-27-20-14-19(25-7-9-26-10-8-25)21(28-4-2)13-18(20)24-22(29)23-17-12-15-5-6-16(17)11-15/h13-17H,3-12H2,1-2H3,(H2,23,24,29). The fraction of sp³-hybridized carbons (Fsp3) is 0.682. The minimum Gasteiger partial charge on any atom is -0.492 e. The predicted molar refractivity (Wildman–Crippen MR) is 120 cm³/mol. The van der Waals surface area contributed by atoms with Crippen molar-refractivity contribution >= 4 is 28.7 Å². The topological polar surface area (TPSA) is 55.0 Å². The van der Waals surface area contributed by atoms with E-state index in [9.17, 15) is 0 Å². The molecular formula is C22H33N3O3S. The van der Waals surface area contributed by atoms with Gasteiger partial charge in [-0.2, -0.15) is 0 Å². The Bertz CT molecular complexity index is 723. The summed E-state index contributed by atoms with van der Waals surface area (Å²) in [7, 11) is 0. The third-order valence-electron chi connectivity index (χ3n) is 6.32. The predicted octanol–water partition coefficient (Wildman–Crippen LogP) is 3.80. The van der Waals surface area contributed by atoms with Gasteiger partial charge in [0.1, 0.15) is 11.5 Å². The quantitative estimate of drug-likeness (QED) is 0.652. The Morgan fingerprint density at radius 2 is 1.86 bits per heavy atom. The van der Waals surface area contributed by atoms with Crippen LogP contribution in [-0.4, -0.2) is 50.7 Å². The van der Waals surface area contributed by atoms with Gasteiger partial charge in [0.05, 0.1) is 37.8 Å². The molecule has 0 aromatic heterocycles. The van der Waals surface area contributed by atoms with Gasteiger partial charge in [0.2, 0.25) is 0 Å². The van der Waals surface area contributed by atoms with E-state index in [2.05, 4.69) is 21.6 Å². The summed E-state index contributed by atoms with van der Waals surface area (Å²) < 4.78 is 17.4. The fourth-order valence-electron chi connectivity index (χ4n) is 4.99. The van der Waals surface area contributed by atoms with Gasteiger partial charge in [-0.25, -0.2) is 0 Å². The average Bonchev–Trinajstić information content (AvgIpc) is 3.34. The zero-order chi connectivity index (χ0) is 20.2. The van der Waals surface area contributed by atoms with Crippen molar-refractivity contribution in [1.29, 1.82) is 0 Å². The maximum absolute atomic E-state index is 5.98. The van der Waals surface area contributed by atoms with Crippen molar-refractivity contribution in [3.05, 3.63) is 12.1 Å². The summed E-state index contributed by atoms with van der Waals surface area (Å²) >= 11 is 5.65. The number of benzene rings is 1. The Kier molecular flexibility index (Phi) is 6.65. The third-order valence-corrected chi connectivity index (χ3v) is 6.54. The number of morpholine rings is 1. The molecule has 2 saturated carbocycles. The first kappa shape index (κ1) is 20.5. The molecule has 160 valence electrons. The van der Waals surface area contributed by atoms with Crippen LogP contribution in [0.15, 0.2) is 12.1 Å². The van der Waals surface area contributed by atoms with Crippen LogP contribution in [0.2, 0.25) is 0 Å². The lowest BCUT2D eigenvalue weighted by Gasteiger charge is -2.31. The van der Waals surface area contributed by atoms with Crippen molar-refractivity contribution in [2.45, 2.75) is 45.6 Å². The summed E-state index contributed by atoms with van der Waals surface area (Å²) in [6, 6.07) is 4.60. The SMILES string of the molecule is CCOc1cc(N2CCOCC2)c(OCC)cc1NC(=S)NC1CC2CCC1C2. The van der Waals surface area contributed by atoms with E-state index < -0.39 is 0 Å². The van der Waals surface area contributed by atoms with E-state index in [0.29, 0.717) is 24.4 Å². The number of anilines is 2. The molecule has 3 unspecified atom stereocenters. The Morgan fingerprint density at radius 3 is 2.52 bits per heavy atom. The number of hydrogen-bond donors (Lipinski definition) is 2. The molecule has 7 heteroatoms. The summed E-state index contributed by atoms with van der Waals surface area (Å²) in [5, 5.41) is 7.61. The molecule has 0 spiro atoms.